The van der Waals surface area contributed by atoms with Crippen molar-refractivity contribution >= 4 is 80.0 Å². The van der Waals surface area contributed by atoms with Gasteiger partial charge in [0.25, 0.3) is 5.69 Å². The Morgan fingerprint density at radius 2 is 1.45 bits per heavy atom. The molecule has 1 aliphatic heterocycles. The van der Waals surface area contributed by atoms with Gasteiger partial charge in [0.1, 0.15) is 23.6 Å². The molecular formula is C66H97N7O14S2. The lowest BCUT2D eigenvalue weighted by Crippen LogP contribution is -2.54. The minimum atomic E-state index is -0.939. The van der Waals surface area contributed by atoms with E-state index in [-0.39, 0.29) is 115 Å². The number of likely N-dealkylation sites (N-methyl/N-ethyl adjacent to an activating group) is 2. The second-order valence-corrected chi connectivity index (χ2v) is 27.2. The molecule has 3 aromatic rings. The zero-order chi connectivity index (χ0) is 66.4. The fourth-order valence-corrected chi connectivity index (χ4v) is 13.5. The summed E-state index contributed by atoms with van der Waals surface area (Å²) in [4.78, 5) is 130. The highest BCUT2D eigenvalue weighted by Crippen LogP contribution is 2.34. The quantitative estimate of drug-likeness (QED) is 0.0209. The number of ether oxygens (including phenoxy) is 3. The first-order valence-electron chi connectivity index (χ1n) is 31.0. The number of aliphatic hydroxyl groups excluding tert-OH is 1. The van der Waals surface area contributed by atoms with Crippen molar-refractivity contribution in [1.82, 2.24) is 25.0 Å². The third kappa shape index (κ3) is 22.0. The Bertz CT molecular complexity index is 2810. The minimum Gasteiger partial charge on any atom is -0.445 e. The van der Waals surface area contributed by atoms with Crippen LogP contribution in [0.4, 0.5) is 16.2 Å². The average Bonchev–Trinajstić information content (AvgIpc) is 3.09. The van der Waals surface area contributed by atoms with Gasteiger partial charge in [-0.3, -0.25) is 43.7 Å². The van der Waals surface area contributed by atoms with E-state index in [9.17, 15) is 53.6 Å². The molecule has 2 aromatic carbocycles. The molecule has 21 nitrogen and oxygen atoms in total. The Morgan fingerprint density at radius 3 is 2.01 bits per heavy atom. The Kier molecular flexibility index (Phi) is 30.9. The van der Waals surface area contributed by atoms with Crippen molar-refractivity contribution < 1.29 is 62.6 Å². The molecule has 89 heavy (non-hydrogen) atoms. The molecule has 0 saturated carbocycles. The predicted octanol–water partition coefficient (Wildman–Crippen LogP) is 10.6. The maximum Gasteiger partial charge on any atom is 0.410 e. The van der Waals surface area contributed by atoms with Crippen LogP contribution >= 0.6 is 21.6 Å². The number of nitrogens with zero attached hydrogens (tertiary/aromatic N) is 5. The summed E-state index contributed by atoms with van der Waals surface area (Å²) < 4.78 is 17.8. The van der Waals surface area contributed by atoms with E-state index in [2.05, 4.69) is 15.6 Å². The van der Waals surface area contributed by atoms with Gasteiger partial charge in [-0.25, -0.2) is 9.78 Å². The number of hydrogen-bond donors (Lipinski definition) is 3. The van der Waals surface area contributed by atoms with Crippen LogP contribution in [0.1, 0.15) is 145 Å². The highest BCUT2D eigenvalue weighted by atomic mass is 33.1. The summed E-state index contributed by atoms with van der Waals surface area (Å²) in [6.45, 7) is 20.6. The molecule has 3 N–H and O–H groups in total. The Balaban J connectivity index is 1.32. The van der Waals surface area contributed by atoms with Gasteiger partial charge in [-0.15, -0.1) is 0 Å². The van der Waals surface area contributed by atoms with Crippen LogP contribution in [0.3, 0.4) is 0 Å². The summed E-state index contributed by atoms with van der Waals surface area (Å²) in [5.41, 5.74) is 1.66. The SMILES string of the molecule is CC[C@H](C)[C@@H]([C@@H](CC(=O)N1CCC[C@H]1[C@H](OC)[C@@H](C)C(=O)C[C@H](C)[C@@H](O)c1ccccc1)OC)N(C)C(=O)[C@@H](CC(=O)[C@H](C(C)C)N(C)C(=O)OCc1ccc(NC(=O)[C@H](C)CC(=O)[C@@H](NC(=O)CCSSc2ccc([N+](=O)[O-])cn2)C(C)C)cc1)C(C)C. The monoisotopic (exact) mass is 1280 g/mol. The molecule has 0 spiro atoms. The maximum atomic E-state index is 14.8. The fraction of sp³-hybridized carbons (Fsp3) is 0.621. The van der Waals surface area contributed by atoms with Crippen LogP contribution in [0.25, 0.3) is 0 Å². The van der Waals surface area contributed by atoms with E-state index < -0.39 is 71.1 Å². The first kappa shape index (κ1) is 75.2. The molecule has 5 amide bonds. The predicted molar refractivity (Wildman–Crippen MR) is 345 cm³/mol. The summed E-state index contributed by atoms with van der Waals surface area (Å²) in [5, 5.41) is 28.1. The average molecular weight is 1280 g/mol. The first-order valence-corrected chi connectivity index (χ1v) is 33.3. The van der Waals surface area contributed by atoms with Crippen LogP contribution in [0.15, 0.2) is 78.0 Å². The maximum absolute atomic E-state index is 14.8. The normalized spacial score (nSPS) is 17.1. The van der Waals surface area contributed by atoms with Crippen LogP contribution in [0.5, 0.6) is 0 Å². The van der Waals surface area contributed by atoms with Crippen LogP contribution in [0.2, 0.25) is 0 Å². The van der Waals surface area contributed by atoms with Gasteiger partial charge < -0.3 is 44.7 Å². The van der Waals surface area contributed by atoms with Gasteiger partial charge in [0.2, 0.25) is 23.6 Å². The third-order valence-electron chi connectivity index (χ3n) is 17.1. The summed E-state index contributed by atoms with van der Waals surface area (Å²) >= 11 is 0. The van der Waals surface area contributed by atoms with Gasteiger partial charge in [-0.05, 0) is 82.6 Å². The van der Waals surface area contributed by atoms with Gasteiger partial charge in [-0.2, -0.15) is 0 Å². The van der Waals surface area contributed by atoms with E-state index >= 15 is 0 Å². The van der Waals surface area contributed by atoms with E-state index in [4.69, 9.17) is 14.2 Å². The Labute approximate surface area is 534 Å². The zero-order valence-electron chi connectivity index (χ0n) is 54.7. The number of hydrogen-bond acceptors (Lipinski definition) is 17. The molecule has 2 heterocycles. The number of rotatable bonds is 37. The second-order valence-electron chi connectivity index (χ2n) is 24.8. The third-order valence-corrected chi connectivity index (χ3v) is 19.4. The number of nitrogens with one attached hydrogen (secondary N) is 2. The number of benzene rings is 2. The molecule has 0 unspecified atom stereocenters. The summed E-state index contributed by atoms with van der Waals surface area (Å²) in [7, 11) is 8.89. The van der Waals surface area contributed by atoms with E-state index in [1.807, 2.05) is 99.6 Å². The molecule has 12 atom stereocenters. The lowest BCUT2D eigenvalue weighted by molar-refractivity contribution is -0.385. The highest BCUT2D eigenvalue weighted by Gasteiger charge is 2.44. The summed E-state index contributed by atoms with van der Waals surface area (Å²) in [6, 6.07) is 16.1. The number of anilines is 1. The lowest BCUT2D eigenvalue weighted by atomic mass is 9.83. The number of likely N-dealkylation sites (tertiary alicyclic amines) is 1. The number of ketones is 3. The van der Waals surface area contributed by atoms with Crippen molar-refractivity contribution in [3.05, 3.63) is 94.2 Å². The van der Waals surface area contributed by atoms with E-state index in [1.54, 1.807) is 55.1 Å². The molecule has 23 heteroatoms. The number of carbonyl (C=O) groups is 8. The molecule has 4 rings (SSSR count). The van der Waals surface area contributed by atoms with Crippen molar-refractivity contribution in [1.29, 1.82) is 0 Å². The number of aromatic nitrogens is 1. The summed E-state index contributed by atoms with van der Waals surface area (Å²) in [6.07, 6.45) is 0.227. The van der Waals surface area contributed by atoms with E-state index in [0.717, 1.165) is 12.0 Å². The van der Waals surface area contributed by atoms with E-state index in [1.165, 1.54) is 59.0 Å². The number of amides is 5. The molecule has 492 valence electrons. The van der Waals surface area contributed by atoms with Gasteiger partial charge >= 0.3 is 6.09 Å². The largest absolute Gasteiger partial charge is 0.445 e. The lowest BCUT2D eigenvalue weighted by Gasteiger charge is -2.41. The number of pyridine rings is 1. The molecule has 1 aliphatic rings. The topological polar surface area (TPSA) is 274 Å². The highest BCUT2D eigenvalue weighted by molar-refractivity contribution is 8.76. The van der Waals surface area contributed by atoms with Gasteiger partial charge in [-0.1, -0.05) is 136 Å². The molecular weight excluding hydrogens is 1180 g/mol. The Morgan fingerprint density at radius 1 is 0.787 bits per heavy atom. The van der Waals surface area contributed by atoms with Crippen molar-refractivity contribution in [2.75, 3.05) is 45.9 Å². The smallest absolute Gasteiger partial charge is 0.410 e. The number of Topliss-reactive ketones (excluding diaryl/α,β-unsaturated/α-hetero) is 3. The number of carbonyl (C=O) groups excluding carboxylic acids is 8. The fourth-order valence-electron chi connectivity index (χ4n) is 11.6. The molecule has 0 bridgehead atoms. The van der Waals surface area contributed by atoms with Crippen LogP contribution in [-0.2, 0) is 54.4 Å². The molecule has 1 saturated heterocycles. The minimum absolute atomic E-state index is 0.0432. The molecule has 1 fully saturated rings. The van der Waals surface area contributed by atoms with Crippen molar-refractivity contribution in [2.24, 2.45) is 47.3 Å². The van der Waals surface area contributed by atoms with Gasteiger partial charge in [0, 0.05) is 95.8 Å². The van der Waals surface area contributed by atoms with Crippen LogP contribution in [-0.4, -0.2) is 154 Å². The number of aliphatic hydroxyl groups is 1. The van der Waals surface area contributed by atoms with Gasteiger partial charge in [0.05, 0.1) is 53.8 Å². The first-order chi connectivity index (χ1) is 42.1. The van der Waals surface area contributed by atoms with Crippen molar-refractivity contribution in [3.8, 4) is 0 Å². The van der Waals surface area contributed by atoms with Crippen molar-refractivity contribution in [3.63, 3.8) is 0 Å². The van der Waals surface area contributed by atoms with Gasteiger partial charge in [0.15, 0.2) is 11.6 Å². The number of methoxy groups -OCH3 is 2. The second kappa shape index (κ2) is 36.5. The Hall–Kier alpha value is -6.27. The zero-order valence-corrected chi connectivity index (χ0v) is 56.3. The molecule has 0 aliphatic carbocycles. The van der Waals surface area contributed by atoms with Crippen molar-refractivity contribution in [2.45, 2.75) is 182 Å². The van der Waals surface area contributed by atoms with Crippen LogP contribution in [0, 0.1) is 57.5 Å². The van der Waals surface area contributed by atoms with E-state index in [0.29, 0.717) is 41.4 Å². The molecule has 0 radical (unpaired) electrons. The standard InChI is InChI=1S/C66H97N7O14S2/c1-16-42(8)61(55(85-14)36-58(78)72-31-20-23-51(72)63(86-15)45(11)52(74)33-43(9)62(79)47-21-18-17-19-22-47)70(12)65(81)50(39(2)3)35-54(76)60(41(6)7)71(13)66(82)87-38-46-24-26-48(27-25-46)68-64(80)44(10)34-53(75)59(40(4)5)69-56(77)30-32-88-89-57-29-28-49(37-67-57)73(83)84/h17-19,21-22,24-29,37,39-45,50-51,55,59-63,79H,16,20,23,30-36,38H2,1-15H3,(H,68,80)(H,69,77)/t42-,43-,44+,45-,50-,51-,55+,59-,60-,61-,62+,63+/m0/s1. The number of nitro groups is 1. The van der Waals surface area contributed by atoms with Crippen LogP contribution < -0.4 is 10.6 Å². The molecule has 1 aromatic heterocycles. The summed E-state index contributed by atoms with van der Waals surface area (Å²) in [5.74, 6) is -4.91.